The minimum Gasteiger partial charge on any atom is -0.392 e. The van der Waals surface area contributed by atoms with E-state index in [1.807, 2.05) is 0 Å². The van der Waals surface area contributed by atoms with Crippen molar-refractivity contribution in [3.8, 4) is 0 Å². The number of rotatable bonds is 3. The van der Waals surface area contributed by atoms with Gasteiger partial charge in [0.05, 0.1) is 17.9 Å². The topological polar surface area (TPSA) is 59.1 Å². The van der Waals surface area contributed by atoms with Gasteiger partial charge in [0.15, 0.2) is 0 Å². The Morgan fingerprint density at radius 1 is 1.35 bits per heavy atom. The van der Waals surface area contributed by atoms with Gasteiger partial charge in [0, 0.05) is 12.1 Å². The third kappa shape index (κ3) is 2.89. The monoisotopic (exact) mass is 256 g/mol. The molecule has 0 aliphatic heterocycles. The molecule has 0 aliphatic rings. The summed E-state index contributed by atoms with van der Waals surface area (Å²) in [6.07, 6.45) is -8.31. The number of aromatic nitrogens is 1. The lowest BCUT2D eigenvalue weighted by atomic mass is 10.1. The highest BCUT2D eigenvalue weighted by atomic mass is 19.4. The standard InChI is InChI=1S/C9H9F5N2O/c10-8(11)7-5(9(12,13)14)1-4(3-17)6(2-15)16-7/h1,8,17H,2-3,15H2. The number of alkyl halides is 5. The van der Waals surface area contributed by atoms with Crippen molar-refractivity contribution >= 4 is 0 Å². The number of hydrogen-bond acceptors (Lipinski definition) is 3. The second-order valence-corrected chi connectivity index (χ2v) is 3.19. The van der Waals surface area contributed by atoms with Crippen molar-refractivity contribution in [3.63, 3.8) is 0 Å². The molecule has 3 nitrogen and oxygen atoms in total. The van der Waals surface area contributed by atoms with Crippen LogP contribution in [0.15, 0.2) is 6.07 Å². The number of halogens is 5. The lowest BCUT2D eigenvalue weighted by Gasteiger charge is -2.15. The van der Waals surface area contributed by atoms with Crippen molar-refractivity contribution in [1.82, 2.24) is 4.98 Å². The number of pyridine rings is 1. The molecule has 8 heteroatoms. The molecule has 0 fully saturated rings. The summed E-state index contributed by atoms with van der Waals surface area (Å²) in [4.78, 5) is 3.17. The Bertz CT molecular complexity index is 405. The Hall–Kier alpha value is -1.28. The SMILES string of the molecule is NCc1nc(C(F)F)c(C(F)(F)F)cc1CO. The maximum Gasteiger partial charge on any atom is 0.418 e. The minimum absolute atomic E-state index is 0.171. The maximum atomic E-state index is 12.5. The van der Waals surface area contributed by atoms with Crippen LogP contribution in [0.5, 0.6) is 0 Å². The summed E-state index contributed by atoms with van der Waals surface area (Å²) in [7, 11) is 0. The molecule has 0 atom stereocenters. The summed E-state index contributed by atoms with van der Waals surface area (Å²) >= 11 is 0. The Kier molecular flexibility index (Phi) is 3.99. The largest absolute Gasteiger partial charge is 0.418 e. The lowest BCUT2D eigenvalue weighted by molar-refractivity contribution is -0.140. The first-order valence-corrected chi connectivity index (χ1v) is 4.50. The van der Waals surface area contributed by atoms with Crippen molar-refractivity contribution in [1.29, 1.82) is 0 Å². The molecule has 3 N–H and O–H groups in total. The second kappa shape index (κ2) is 4.92. The second-order valence-electron chi connectivity index (χ2n) is 3.19. The van der Waals surface area contributed by atoms with Gasteiger partial charge >= 0.3 is 6.18 Å². The quantitative estimate of drug-likeness (QED) is 0.813. The van der Waals surface area contributed by atoms with Gasteiger partial charge in [0.1, 0.15) is 5.69 Å². The fourth-order valence-electron chi connectivity index (χ4n) is 1.32. The highest BCUT2D eigenvalue weighted by molar-refractivity contribution is 5.33. The van der Waals surface area contributed by atoms with Crippen molar-refractivity contribution in [2.45, 2.75) is 25.8 Å². The predicted molar refractivity (Wildman–Crippen MR) is 48.0 cm³/mol. The van der Waals surface area contributed by atoms with Gasteiger partial charge in [-0.05, 0) is 6.07 Å². The van der Waals surface area contributed by atoms with Crippen molar-refractivity contribution in [2.75, 3.05) is 0 Å². The van der Waals surface area contributed by atoms with Gasteiger partial charge in [0.2, 0.25) is 0 Å². The molecule has 1 aromatic heterocycles. The zero-order chi connectivity index (χ0) is 13.2. The summed E-state index contributed by atoms with van der Waals surface area (Å²) in [6.45, 7) is -1.07. The maximum absolute atomic E-state index is 12.5. The van der Waals surface area contributed by atoms with Crippen LogP contribution >= 0.6 is 0 Å². The molecule has 1 heterocycles. The Morgan fingerprint density at radius 3 is 2.29 bits per heavy atom. The third-order valence-corrected chi connectivity index (χ3v) is 2.10. The molecule has 0 radical (unpaired) electrons. The van der Waals surface area contributed by atoms with Crippen LogP contribution in [0.2, 0.25) is 0 Å². The molecule has 17 heavy (non-hydrogen) atoms. The van der Waals surface area contributed by atoms with Crippen molar-refractivity contribution in [2.24, 2.45) is 5.73 Å². The van der Waals surface area contributed by atoms with E-state index in [2.05, 4.69) is 4.98 Å². The van der Waals surface area contributed by atoms with Crippen molar-refractivity contribution < 1.29 is 27.1 Å². The number of hydrogen-bond donors (Lipinski definition) is 2. The molecule has 0 saturated heterocycles. The molecule has 0 spiro atoms. The van der Waals surface area contributed by atoms with E-state index in [4.69, 9.17) is 10.8 Å². The first-order valence-electron chi connectivity index (χ1n) is 4.50. The Labute approximate surface area is 93.1 Å². The summed E-state index contributed by atoms with van der Waals surface area (Å²) < 4.78 is 62.3. The third-order valence-electron chi connectivity index (χ3n) is 2.10. The number of aliphatic hydroxyl groups is 1. The van der Waals surface area contributed by atoms with E-state index >= 15 is 0 Å². The van der Waals surface area contributed by atoms with Gasteiger partial charge in [-0.15, -0.1) is 0 Å². The molecular weight excluding hydrogens is 247 g/mol. The van der Waals surface area contributed by atoms with E-state index in [0.717, 1.165) is 0 Å². The van der Waals surface area contributed by atoms with Gasteiger partial charge in [-0.3, -0.25) is 0 Å². The molecular formula is C9H9F5N2O. The molecule has 0 bridgehead atoms. The van der Waals surface area contributed by atoms with Gasteiger partial charge in [0.25, 0.3) is 6.43 Å². The zero-order valence-electron chi connectivity index (χ0n) is 8.43. The molecule has 96 valence electrons. The van der Waals surface area contributed by atoms with Crippen LogP contribution in [0.4, 0.5) is 22.0 Å². The summed E-state index contributed by atoms with van der Waals surface area (Å²) in [5, 5.41) is 8.82. The summed E-state index contributed by atoms with van der Waals surface area (Å²) in [5.41, 5.74) is 1.87. The lowest BCUT2D eigenvalue weighted by Crippen LogP contribution is -2.16. The van der Waals surface area contributed by atoms with E-state index in [-0.39, 0.29) is 17.8 Å². The molecule has 1 aromatic rings. The first-order chi connectivity index (χ1) is 7.81. The van der Waals surface area contributed by atoms with Crippen LogP contribution in [0.25, 0.3) is 0 Å². The van der Waals surface area contributed by atoms with Gasteiger partial charge in [-0.1, -0.05) is 0 Å². The van der Waals surface area contributed by atoms with Crippen LogP contribution in [-0.2, 0) is 19.3 Å². The first kappa shape index (κ1) is 13.8. The Balaban J connectivity index is 3.46. The predicted octanol–water partition coefficient (Wildman–Crippen LogP) is 1.99. The van der Waals surface area contributed by atoms with E-state index in [1.54, 1.807) is 0 Å². The molecule has 0 amide bonds. The number of aliphatic hydroxyl groups excluding tert-OH is 1. The normalized spacial score (nSPS) is 12.2. The average Bonchev–Trinajstić information content (AvgIpc) is 2.25. The van der Waals surface area contributed by atoms with E-state index in [9.17, 15) is 22.0 Å². The number of nitrogens with two attached hydrogens (primary N) is 1. The van der Waals surface area contributed by atoms with Crippen molar-refractivity contribution in [3.05, 3.63) is 28.6 Å². The van der Waals surface area contributed by atoms with Crippen LogP contribution in [-0.4, -0.2) is 10.1 Å². The molecule has 0 aromatic carbocycles. The van der Waals surface area contributed by atoms with Crippen LogP contribution in [0.3, 0.4) is 0 Å². The minimum atomic E-state index is -4.95. The number of nitrogens with zero attached hydrogens (tertiary/aromatic N) is 1. The van der Waals surface area contributed by atoms with Gasteiger partial charge in [-0.25, -0.2) is 13.8 Å². The molecule has 0 unspecified atom stereocenters. The molecule has 0 saturated carbocycles. The zero-order valence-corrected chi connectivity index (χ0v) is 8.43. The van der Waals surface area contributed by atoms with Crippen LogP contribution in [0, 0.1) is 0 Å². The van der Waals surface area contributed by atoms with E-state index in [0.29, 0.717) is 6.07 Å². The average molecular weight is 256 g/mol. The van der Waals surface area contributed by atoms with Crippen LogP contribution in [0.1, 0.15) is 28.9 Å². The van der Waals surface area contributed by atoms with E-state index < -0.39 is 30.5 Å². The Morgan fingerprint density at radius 2 is 1.94 bits per heavy atom. The highest BCUT2D eigenvalue weighted by Gasteiger charge is 2.37. The summed E-state index contributed by atoms with van der Waals surface area (Å²) in [5.74, 6) is 0. The molecule has 0 aliphatic carbocycles. The summed E-state index contributed by atoms with van der Waals surface area (Å²) in [6, 6.07) is 0.455. The fourth-order valence-corrected chi connectivity index (χ4v) is 1.32. The smallest absolute Gasteiger partial charge is 0.392 e. The van der Waals surface area contributed by atoms with Crippen LogP contribution < -0.4 is 5.73 Å². The van der Waals surface area contributed by atoms with Gasteiger partial charge < -0.3 is 10.8 Å². The van der Waals surface area contributed by atoms with E-state index in [1.165, 1.54) is 0 Å². The fraction of sp³-hybridized carbons (Fsp3) is 0.444. The highest BCUT2D eigenvalue weighted by Crippen LogP contribution is 2.36. The van der Waals surface area contributed by atoms with Gasteiger partial charge in [-0.2, -0.15) is 13.2 Å². The molecule has 1 rings (SSSR count).